The molecule has 0 bridgehead atoms. The molecule has 0 aliphatic rings. The van der Waals surface area contributed by atoms with Crippen molar-refractivity contribution in [2.24, 2.45) is 0 Å². The molecule has 0 aliphatic heterocycles. The fourth-order valence-electron chi connectivity index (χ4n) is 1.21. The Kier molecular flexibility index (Phi) is 5.81. The number of hydrogen-bond donors (Lipinski definition) is 1. The average Bonchev–Trinajstić information content (AvgIpc) is 2.28. The minimum atomic E-state index is -3.52. The molecule has 0 spiro atoms. The van der Waals surface area contributed by atoms with E-state index in [0.29, 0.717) is 18.2 Å². The van der Waals surface area contributed by atoms with Gasteiger partial charge in [-0.15, -0.1) is 0 Å². The van der Waals surface area contributed by atoms with E-state index in [4.69, 9.17) is 16.3 Å². The number of hydrogen-bond acceptors (Lipinski definition) is 3. The summed E-state index contributed by atoms with van der Waals surface area (Å²) in [6.45, 7) is 6.46. The van der Waals surface area contributed by atoms with Gasteiger partial charge in [0.05, 0.1) is 18.1 Å². The van der Waals surface area contributed by atoms with Crippen LogP contribution in [0.3, 0.4) is 0 Å². The van der Waals surface area contributed by atoms with E-state index in [2.05, 4.69) is 11.3 Å². The van der Waals surface area contributed by atoms with Crippen LogP contribution in [0.15, 0.2) is 41.3 Å². The van der Waals surface area contributed by atoms with Crippen molar-refractivity contribution in [1.82, 2.24) is 4.72 Å². The van der Waals surface area contributed by atoms with Gasteiger partial charge in [-0.2, -0.15) is 0 Å². The molecule has 0 atom stereocenters. The molecule has 0 fully saturated rings. The van der Waals surface area contributed by atoms with E-state index >= 15 is 0 Å². The minimum absolute atomic E-state index is 0.148. The molecule has 0 aliphatic carbocycles. The molecule has 1 N–H and O–H groups in total. The van der Waals surface area contributed by atoms with Gasteiger partial charge in [-0.25, -0.2) is 13.1 Å². The molecule has 100 valence electrons. The van der Waals surface area contributed by atoms with Gasteiger partial charge in [0.2, 0.25) is 10.0 Å². The molecule has 0 unspecified atom stereocenters. The van der Waals surface area contributed by atoms with E-state index in [1.807, 2.05) is 6.92 Å². The molecule has 18 heavy (non-hydrogen) atoms. The summed E-state index contributed by atoms with van der Waals surface area (Å²) in [6, 6.07) is 6.10. The van der Waals surface area contributed by atoms with Crippen molar-refractivity contribution < 1.29 is 13.2 Å². The second-order valence-electron chi connectivity index (χ2n) is 3.86. The van der Waals surface area contributed by atoms with Crippen molar-refractivity contribution >= 4 is 21.6 Å². The first-order chi connectivity index (χ1) is 8.42. The van der Waals surface area contributed by atoms with E-state index in [1.165, 1.54) is 12.1 Å². The fraction of sp³-hybridized carbons (Fsp3) is 0.333. The van der Waals surface area contributed by atoms with Crippen LogP contribution in [0, 0.1) is 0 Å². The van der Waals surface area contributed by atoms with Gasteiger partial charge < -0.3 is 4.74 Å². The Bertz CT molecular complexity index is 514. The maximum atomic E-state index is 11.8. The lowest BCUT2D eigenvalue weighted by atomic mass is 10.4. The first kappa shape index (κ1) is 15.2. The zero-order chi connectivity index (χ0) is 13.6. The lowest BCUT2D eigenvalue weighted by molar-refractivity contribution is 0.162. The van der Waals surface area contributed by atoms with Gasteiger partial charge >= 0.3 is 0 Å². The predicted octanol–water partition coefficient (Wildman–Crippen LogP) is 2.21. The van der Waals surface area contributed by atoms with Crippen molar-refractivity contribution in [3.63, 3.8) is 0 Å². The highest BCUT2D eigenvalue weighted by molar-refractivity contribution is 7.89. The van der Waals surface area contributed by atoms with Gasteiger partial charge in [0.15, 0.2) is 0 Å². The molecule has 0 saturated carbocycles. The topological polar surface area (TPSA) is 55.4 Å². The first-order valence-corrected chi connectivity index (χ1v) is 7.25. The Balaban J connectivity index is 2.48. The Morgan fingerprint density at radius 1 is 1.50 bits per heavy atom. The smallest absolute Gasteiger partial charge is 0.240 e. The molecule has 0 saturated heterocycles. The SMILES string of the molecule is C=C(C)COCCNS(=O)(=O)c1cccc(Cl)c1. The van der Waals surface area contributed by atoms with Crippen molar-refractivity contribution in [2.45, 2.75) is 11.8 Å². The van der Waals surface area contributed by atoms with Crippen molar-refractivity contribution in [3.8, 4) is 0 Å². The summed E-state index contributed by atoms with van der Waals surface area (Å²) in [5.74, 6) is 0. The average molecular weight is 290 g/mol. The van der Waals surface area contributed by atoms with Crippen LogP contribution >= 0.6 is 11.6 Å². The third kappa shape index (κ3) is 5.18. The largest absolute Gasteiger partial charge is 0.376 e. The summed E-state index contributed by atoms with van der Waals surface area (Å²) in [4.78, 5) is 0.148. The van der Waals surface area contributed by atoms with Gasteiger partial charge in [0.25, 0.3) is 0 Å². The van der Waals surface area contributed by atoms with E-state index in [0.717, 1.165) is 5.57 Å². The first-order valence-electron chi connectivity index (χ1n) is 5.39. The Hall–Kier alpha value is -0.880. The van der Waals surface area contributed by atoms with Crippen LogP contribution in [0.1, 0.15) is 6.92 Å². The highest BCUT2D eigenvalue weighted by Crippen LogP contribution is 2.14. The summed E-state index contributed by atoms with van der Waals surface area (Å²) in [6.07, 6.45) is 0. The van der Waals surface area contributed by atoms with Crippen molar-refractivity contribution in [3.05, 3.63) is 41.4 Å². The monoisotopic (exact) mass is 289 g/mol. The Labute approximate surface area is 113 Å². The van der Waals surface area contributed by atoms with E-state index < -0.39 is 10.0 Å². The zero-order valence-corrected chi connectivity index (χ0v) is 11.7. The molecular weight excluding hydrogens is 274 g/mol. The highest BCUT2D eigenvalue weighted by Gasteiger charge is 2.13. The third-order valence-electron chi connectivity index (χ3n) is 1.99. The summed E-state index contributed by atoms with van der Waals surface area (Å²) in [7, 11) is -3.52. The van der Waals surface area contributed by atoms with Crippen LogP contribution in [-0.4, -0.2) is 28.2 Å². The van der Waals surface area contributed by atoms with Crippen LogP contribution in [0.4, 0.5) is 0 Å². The van der Waals surface area contributed by atoms with Crippen molar-refractivity contribution in [1.29, 1.82) is 0 Å². The van der Waals surface area contributed by atoms with Crippen LogP contribution in [-0.2, 0) is 14.8 Å². The molecule has 1 rings (SSSR count). The highest BCUT2D eigenvalue weighted by atomic mass is 35.5. The maximum absolute atomic E-state index is 11.8. The standard InChI is InChI=1S/C12H16ClNO3S/c1-10(2)9-17-7-6-14-18(15,16)12-5-3-4-11(13)8-12/h3-5,8,14H,1,6-7,9H2,2H3. The number of benzene rings is 1. The van der Waals surface area contributed by atoms with Crippen LogP contribution < -0.4 is 4.72 Å². The van der Waals surface area contributed by atoms with Gasteiger partial charge in [0.1, 0.15) is 0 Å². The lowest BCUT2D eigenvalue weighted by Gasteiger charge is -2.07. The number of sulfonamides is 1. The number of ether oxygens (including phenoxy) is 1. The molecule has 0 heterocycles. The van der Waals surface area contributed by atoms with Gasteiger partial charge in [-0.3, -0.25) is 0 Å². The summed E-state index contributed by atoms with van der Waals surface area (Å²) in [5.41, 5.74) is 0.896. The zero-order valence-electron chi connectivity index (χ0n) is 10.1. The molecule has 0 aromatic heterocycles. The summed E-state index contributed by atoms with van der Waals surface area (Å²) in [5, 5.41) is 0.386. The second kappa shape index (κ2) is 6.89. The molecule has 6 heteroatoms. The maximum Gasteiger partial charge on any atom is 0.240 e. The molecule has 0 radical (unpaired) electrons. The van der Waals surface area contributed by atoms with Crippen molar-refractivity contribution in [2.75, 3.05) is 19.8 Å². The van der Waals surface area contributed by atoms with Gasteiger partial charge in [-0.1, -0.05) is 29.8 Å². The van der Waals surface area contributed by atoms with Gasteiger partial charge in [0, 0.05) is 11.6 Å². The quantitative estimate of drug-likeness (QED) is 0.618. The normalized spacial score (nSPS) is 11.4. The second-order valence-corrected chi connectivity index (χ2v) is 6.07. The van der Waals surface area contributed by atoms with Crippen LogP contribution in [0.2, 0.25) is 5.02 Å². The van der Waals surface area contributed by atoms with Crippen LogP contribution in [0.25, 0.3) is 0 Å². The number of halogens is 1. The molecular formula is C12H16ClNO3S. The third-order valence-corrected chi connectivity index (χ3v) is 3.69. The predicted molar refractivity (Wildman–Crippen MR) is 72.3 cm³/mol. The Morgan fingerprint density at radius 3 is 2.83 bits per heavy atom. The lowest BCUT2D eigenvalue weighted by Crippen LogP contribution is -2.27. The van der Waals surface area contributed by atoms with E-state index in [9.17, 15) is 8.42 Å². The van der Waals surface area contributed by atoms with E-state index in [1.54, 1.807) is 12.1 Å². The minimum Gasteiger partial charge on any atom is -0.376 e. The number of nitrogens with one attached hydrogen (secondary N) is 1. The molecule has 1 aromatic rings. The Morgan fingerprint density at radius 2 is 2.22 bits per heavy atom. The van der Waals surface area contributed by atoms with Crippen LogP contribution in [0.5, 0.6) is 0 Å². The molecule has 0 amide bonds. The summed E-state index contributed by atoms with van der Waals surface area (Å²) < 4.78 is 31.3. The molecule has 1 aromatic carbocycles. The summed E-state index contributed by atoms with van der Waals surface area (Å²) >= 11 is 5.74. The van der Waals surface area contributed by atoms with E-state index in [-0.39, 0.29) is 11.4 Å². The fourth-order valence-corrected chi connectivity index (χ4v) is 2.53. The van der Waals surface area contributed by atoms with Gasteiger partial charge in [-0.05, 0) is 25.1 Å². The number of rotatable bonds is 7. The molecule has 4 nitrogen and oxygen atoms in total.